The van der Waals surface area contributed by atoms with Crippen LogP contribution in [0.1, 0.15) is 18.1 Å². The first-order chi connectivity index (χ1) is 12.2. The molecule has 4 rings (SSSR count). The van der Waals surface area contributed by atoms with Crippen molar-refractivity contribution in [1.82, 2.24) is 10.4 Å². The normalized spacial score (nSPS) is 16.0. The van der Waals surface area contributed by atoms with Gasteiger partial charge in [0.25, 0.3) is 0 Å². The molecule has 1 aliphatic rings. The van der Waals surface area contributed by atoms with Gasteiger partial charge in [0.05, 0.1) is 16.9 Å². The summed E-state index contributed by atoms with van der Waals surface area (Å²) >= 11 is 1.60. The molecule has 0 radical (unpaired) electrons. The molecule has 0 saturated carbocycles. The second-order valence-electron chi connectivity index (χ2n) is 5.58. The van der Waals surface area contributed by atoms with E-state index in [9.17, 15) is 4.79 Å². The summed E-state index contributed by atoms with van der Waals surface area (Å²) in [6, 6.07) is 13.7. The lowest BCUT2D eigenvalue weighted by atomic mass is 10.1. The van der Waals surface area contributed by atoms with Gasteiger partial charge in [-0.2, -0.15) is 5.10 Å². The molecule has 0 amide bonds. The summed E-state index contributed by atoms with van der Waals surface area (Å²) in [4.78, 5) is 18.6. The number of amidine groups is 1. The fourth-order valence-corrected chi connectivity index (χ4v) is 3.45. The van der Waals surface area contributed by atoms with Crippen LogP contribution in [0.5, 0.6) is 0 Å². The molecule has 2 aromatic carbocycles. The van der Waals surface area contributed by atoms with Crippen LogP contribution in [0.3, 0.4) is 0 Å². The lowest BCUT2D eigenvalue weighted by Crippen LogP contribution is -2.25. The molecule has 0 spiro atoms. The Morgan fingerprint density at radius 3 is 2.96 bits per heavy atom. The van der Waals surface area contributed by atoms with Gasteiger partial charge in [0.2, 0.25) is 0 Å². The lowest BCUT2D eigenvalue weighted by Gasteiger charge is -2.15. The van der Waals surface area contributed by atoms with Crippen LogP contribution >= 0.6 is 11.8 Å². The predicted molar refractivity (Wildman–Crippen MR) is 102 cm³/mol. The standard InChI is InChI=1S/C18H16N4O2S/c1-2-11-5-3-4-6-13(11)19-17-22-21-15(10-25-17)12-7-8-14-16(9-12)24-18(23)20-14/h3-9H,2,10H2,1H3,(H,19,22)(H,20,23). The number of para-hydroxylation sites is 1. The van der Waals surface area contributed by atoms with Gasteiger partial charge in [-0.05, 0) is 30.2 Å². The third kappa shape index (κ3) is 3.23. The van der Waals surface area contributed by atoms with Gasteiger partial charge in [0.1, 0.15) is 0 Å². The number of hydrazone groups is 1. The summed E-state index contributed by atoms with van der Waals surface area (Å²) in [7, 11) is 0. The number of hydrogen-bond acceptors (Lipinski definition) is 5. The number of thioether (sulfide) groups is 1. The Kier molecular flexibility index (Phi) is 4.15. The SMILES string of the molecule is CCc1ccccc1N=C1NN=C(c2ccc3[nH]c(=O)oc3c2)CS1. The number of nitrogens with one attached hydrogen (secondary N) is 2. The van der Waals surface area contributed by atoms with Crippen LogP contribution < -0.4 is 11.2 Å². The predicted octanol–water partition coefficient (Wildman–Crippen LogP) is 3.41. The lowest BCUT2D eigenvalue weighted by molar-refractivity contribution is 0.555. The van der Waals surface area contributed by atoms with E-state index < -0.39 is 5.76 Å². The first-order valence-electron chi connectivity index (χ1n) is 7.98. The van der Waals surface area contributed by atoms with Crippen molar-refractivity contribution in [2.45, 2.75) is 13.3 Å². The quantitative estimate of drug-likeness (QED) is 0.757. The van der Waals surface area contributed by atoms with Crippen molar-refractivity contribution in [1.29, 1.82) is 0 Å². The van der Waals surface area contributed by atoms with Gasteiger partial charge in [-0.15, -0.1) is 0 Å². The number of rotatable bonds is 3. The van der Waals surface area contributed by atoms with Crippen molar-refractivity contribution in [3.63, 3.8) is 0 Å². The van der Waals surface area contributed by atoms with E-state index in [4.69, 9.17) is 4.42 Å². The average molecular weight is 352 g/mol. The van der Waals surface area contributed by atoms with Crippen molar-refractivity contribution in [2.24, 2.45) is 10.1 Å². The topological polar surface area (TPSA) is 82.8 Å². The molecule has 1 aliphatic heterocycles. The van der Waals surface area contributed by atoms with Gasteiger partial charge >= 0.3 is 5.76 Å². The van der Waals surface area contributed by atoms with E-state index in [0.29, 0.717) is 16.9 Å². The molecule has 0 fully saturated rings. The first kappa shape index (κ1) is 15.7. The van der Waals surface area contributed by atoms with Crippen LogP contribution in [0.4, 0.5) is 5.69 Å². The van der Waals surface area contributed by atoms with Crippen LogP contribution in [0.2, 0.25) is 0 Å². The van der Waals surface area contributed by atoms with Gasteiger partial charge in [-0.25, -0.2) is 9.79 Å². The molecule has 0 aliphatic carbocycles. The molecular formula is C18H16N4O2S. The number of benzene rings is 2. The van der Waals surface area contributed by atoms with Gasteiger partial charge in [0, 0.05) is 11.3 Å². The zero-order valence-corrected chi connectivity index (χ0v) is 14.4. The number of oxazole rings is 1. The fraction of sp³-hybridized carbons (Fsp3) is 0.167. The van der Waals surface area contributed by atoms with Crippen LogP contribution in [0, 0.1) is 0 Å². The van der Waals surface area contributed by atoms with Crippen LogP contribution in [0.15, 0.2) is 61.8 Å². The summed E-state index contributed by atoms with van der Waals surface area (Å²) in [5.74, 6) is 0.245. The van der Waals surface area contributed by atoms with Gasteiger partial charge in [-0.3, -0.25) is 10.4 Å². The Morgan fingerprint density at radius 1 is 1.28 bits per heavy atom. The maximum Gasteiger partial charge on any atom is 0.417 e. The van der Waals surface area contributed by atoms with Crippen LogP contribution in [-0.2, 0) is 6.42 Å². The Hall–Kier alpha value is -2.80. The molecule has 1 aromatic heterocycles. The molecule has 0 atom stereocenters. The minimum Gasteiger partial charge on any atom is -0.408 e. The average Bonchev–Trinajstić information content (AvgIpc) is 3.02. The molecule has 2 heterocycles. The number of H-pyrrole nitrogens is 1. The van der Waals surface area contributed by atoms with Crippen LogP contribution in [0.25, 0.3) is 11.1 Å². The molecular weight excluding hydrogens is 336 g/mol. The van der Waals surface area contributed by atoms with Crippen molar-refractivity contribution in [3.8, 4) is 0 Å². The molecule has 0 bridgehead atoms. The molecule has 3 aromatic rings. The summed E-state index contributed by atoms with van der Waals surface area (Å²) in [5, 5.41) is 5.21. The largest absolute Gasteiger partial charge is 0.417 e. The Morgan fingerprint density at radius 2 is 2.16 bits per heavy atom. The third-order valence-electron chi connectivity index (χ3n) is 3.98. The zero-order valence-electron chi connectivity index (χ0n) is 13.6. The van der Waals surface area contributed by atoms with Crippen molar-refractivity contribution < 1.29 is 4.42 Å². The fourth-order valence-electron chi connectivity index (χ4n) is 2.67. The number of hydrogen-bond donors (Lipinski definition) is 2. The second-order valence-corrected chi connectivity index (χ2v) is 6.55. The Labute approximate surface area is 148 Å². The van der Waals surface area contributed by atoms with E-state index in [1.165, 1.54) is 5.56 Å². The highest BCUT2D eigenvalue weighted by molar-refractivity contribution is 8.14. The molecule has 6 nitrogen and oxygen atoms in total. The smallest absolute Gasteiger partial charge is 0.408 e. The first-order valence-corrected chi connectivity index (χ1v) is 8.96. The van der Waals surface area contributed by atoms with E-state index in [-0.39, 0.29) is 0 Å². The Balaban J connectivity index is 1.58. The molecule has 25 heavy (non-hydrogen) atoms. The van der Waals surface area contributed by atoms with E-state index in [1.54, 1.807) is 11.8 Å². The van der Waals surface area contributed by atoms with E-state index in [0.717, 1.165) is 28.6 Å². The van der Waals surface area contributed by atoms with Gasteiger partial charge in [0.15, 0.2) is 10.8 Å². The second kappa shape index (κ2) is 6.60. The maximum absolute atomic E-state index is 11.3. The van der Waals surface area contributed by atoms with Crippen molar-refractivity contribution >= 4 is 39.4 Å². The minimum atomic E-state index is -0.450. The molecule has 0 unspecified atom stereocenters. The third-order valence-corrected chi connectivity index (χ3v) is 4.85. The van der Waals surface area contributed by atoms with Crippen LogP contribution in [-0.4, -0.2) is 21.6 Å². The van der Waals surface area contributed by atoms with Gasteiger partial charge < -0.3 is 4.42 Å². The van der Waals surface area contributed by atoms with E-state index in [1.807, 2.05) is 36.4 Å². The number of aromatic nitrogens is 1. The number of aryl methyl sites for hydroxylation is 1. The molecule has 2 N–H and O–H groups in total. The van der Waals surface area contributed by atoms with Gasteiger partial charge in [-0.1, -0.05) is 43.0 Å². The number of nitrogens with zero attached hydrogens (tertiary/aromatic N) is 2. The highest BCUT2D eigenvalue weighted by atomic mass is 32.2. The van der Waals surface area contributed by atoms with Crippen molar-refractivity contribution in [2.75, 3.05) is 5.75 Å². The molecule has 126 valence electrons. The molecule has 7 heteroatoms. The highest BCUT2D eigenvalue weighted by Gasteiger charge is 2.15. The van der Waals surface area contributed by atoms with Crippen molar-refractivity contribution in [3.05, 3.63) is 64.1 Å². The van der Waals surface area contributed by atoms with E-state index >= 15 is 0 Å². The molecule has 0 saturated heterocycles. The number of aliphatic imine (C=N–C) groups is 1. The Bertz CT molecular complexity index is 1050. The highest BCUT2D eigenvalue weighted by Crippen LogP contribution is 2.23. The minimum absolute atomic E-state index is 0.450. The summed E-state index contributed by atoms with van der Waals surface area (Å²) in [6.07, 6.45) is 0.939. The zero-order chi connectivity index (χ0) is 17.2. The summed E-state index contributed by atoms with van der Waals surface area (Å²) < 4.78 is 5.11. The monoisotopic (exact) mass is 352 g/mol. The maximum atomic E-state index is 11.3. The number of fused-ring (bicyclic) bond motifs is 1. The summed E-state index contributed by atoms with van der Waals surface area (Å²) in [6.45, 7) is 2.12. The summed E-state index contributed by atoms with van der Waals surface area (Å²) in [5.41, 5.74) is 8.22. The number of aromatic amines is 1. The van der Waals surface area contributed by atoms with E-state index in [2.05, 4.69) is 33.5 Å².